The second-order valence-corrected chi connectivity index (χ2v) is 7.48. The number of nitrogen functional groups attached to an aromatic ring is 1. The quantitative estimate of drug-likeness (QED) is 0.651. The topological polar surface area (TPSA) is 47.3 Å². The first kappa shape index (κ1) is 17.5. The molecule has 0 unspecified atom stereocenters. The number of hydrogen-bond acceptors (Lipinski definition) is 3. The molecule has 26 heavy (non-hydrogen) atoms. The van der Waals surface area contributed by atoms with Gasteiger partial charge in [0.05, 0.1) is 26.3 Å². The molecule has 136 valence electrons. The van der Waals surface area contributed by atoms with Crippen LogP contribution in [-0.2, 0) is 17.8 Å². The number of ether oxygens (including phenoxy) is 1. The zero-order valence-corrected chi connectivity index (χ0v) is 16.4. The van der Waals surface area contributed by atoms with Gasteiger partial charge in [-0.2, -0.15) is 0 Å². The Labute approximate surface area is 162 Å². The van der Waals surface area contributed by atoms with Crippen LogP contribution in [0.25, 0.3) is 11.0 Å². The Morgan fingerprint density at radius 1 is 1.00 bits per heavy atom. The summed E-state index contributed by atoms with van der Waals surface area (Å²) in [6, 6.07) is 16.8. The highest BCUT2D eigenvalue weighted by Crippen LogP contribution is 2.20. The molecule has 0 aliphatic carbocycles. The summed E-state index contributed by atoms with van der Waals surface area (Å²) in [6.45, 7) is 6.26. The van der Waals surface area contributed by atoms with Gasteiger partial charge in [-0.1, -0.05) is 46.3 Å². The van der Waals surface area contributed by atoms with Gasteiger partial charge in [-0.05, 0) is 18.2 Å². The molecular weight excluding hydrogens is 392 g/mol. The van der Waals surface area contributed by atoms with Crippen LogP contribution in [0.1, 0.15) is 5.56 Å². The van der Waals surface area contributed by atoms with Gasteiger partial charge in [-0.15, -0.1) is 0 Å². The standard InChI is InChI=1S/C20H23BrN4O/c21-17-6-2-1-5-16(17)15-25-19-8-4-3-7-18(19)24(20(25)22)10-9-23-11-13-26-14-12-23/h1-8,22H,9-15H2/p+1. The van der Waals surface area contributed by atoms with Crippen LogP contribution < -0.4 is 10.3 Å². The van der Waals surface area contributed by atoms with Gasteiger partial charge in [0.15, 0.2) is 0 Å². The average Bonchev–Trinajstić information content (AvgIpc) is 2.94. The van der Waals surface area contributed by atoms with Crippen molar-refractivity contribution in [2.75, 3.05) is 38.6 Å². The number of halogens is 1. The minimum atomic E-state index is 0.748. The van der Waals surface area contributed by atoms with Gasteiger partial charge in [0.2, 0.25) is 0 Å². The molecule has 0 saturated carbocycles. The second kappa shape index (κ2) is 7.78. The van der Waals surface area contributed by atoms with Crippen molar-refractivity contribution in [3.8, 4) is 0 Å². The lowest BCUT2D eigenvalue weighted by Gasteiger charge is -2.25. The van der Waals surface area contributed by atoms with Crippen molar-refractivity contribution in [2.45, 2.75) is 13.1 Å². The minimum Gasteiger partial charge on any atom is -0.379 e. The number of morpholine rings is 1. The third-order valence-corrected chi connectivity index (χ3v) is 5.82. The molecule has 4 rings (SSSR count). The first-order valence-electron chi connectivity index (χ1n) is 9.04. The Morgan fingerprint density at radius 2 is 1.73 bits per heavy atom. The molecule has 0 bridgehead atoms. The molecule has 0 amide bonds. The monoisotopic (exact) mass is 415 g/mol. The molecule has 1 fully saturated rings. The molecule has 3 aromatic rings. The first-order chi connectivity index (χ1) is 12.7. The van der Waals surface area contributed by atoms with Crippen LogP contribution in [0.5, 0.6) is 0 Å². The maximum Gasteiger partial charge on any atom is 0.356 e. The van der Waals surface area contributed by atoms with Crippen LogP contribution in [-0.4, -0.2) is 42.3 Å². The number of rotatable bonds is 5. The van der Waals surface area contributed by atoms with Crippen LogP contribution in [0.15, 0.2) is 53.0 Å². The van der Waals surface area contributed by atoms with E-state index in [1.54, 1.807) is 0 Å². The maximum absolute atomic E-state index is 6.60. The third kappa shape index (κ3) is 3.49. The summed E-state index contributed by atoms with van der Waals surface area (Å²) >= 11 is 3.65. The fourth-order valence-corrected chi connectivity index (χ4v) is 3.99. The predicted octanol–water partition coefficient (Wildman–Crippen LogP) is 2.65. The van der Waals surface area contributed by atoms with Gasteiger partial charge >= 0.3 is 5.95 Å². The number of benzene rings is 2. The molecule has 1 aromatic heterocycles. The highest BCUT2D eigenvalue weighted by Gasteiger charge is 2.22. The van der Waals surface area contributed by atoms with Crippen LogP contribution >= 0.6 is 15.9 Å². The van der Waals surface area contributed by atoms with Crippen molar-refractivity contribution in [3.05, 3.63) is 58.6 Å². The summed E-state index contributed by atoms with van der Waals surface area (Å²) in [7, 11) is 0. The van der Waals surface area contributed by atoms with Crippen molar-refractivity contribution in [1.82, 2.24) is 9.47 Å². The summed E-state index contributed by atoms with van der Waals surface area (Å²) in [5, 5.41) is 0. The Bertz CT molecular complexity index is 902. The van der Waals surface area contributed by atoms with Crippen molar-refractivity contribution < 1.29 is 9.30 Å². The normalized spacial score (nSPS) is 15.6. The lowest BCUT2D eigenvalue weighted by molar-refractivity contribution is -0.648. The molecule has 0 atom stereocenters. The molecule has 2 heterocycles. The fraction of sp³-hybridized carbons (Fsp3) is 0.350. The Hall–Kier alpha value is -1.89. The summed E-state index contributed by atoms with van der Waals surface area (Å²) in [6.07, 6.45) is 0. The van der Waals surface area contributed by atoms with Gasteiger partial charge in [0.25, 0.3) is 0 Å². The number of imidazole rings is 1. The molecule has 0 spiro atoms. The average molecular weight is 416 g/mol. The Kier molecular flexibility index (Phi) is 5.24. The number of nitrogens with two attached hydrogens (primary N) is 1. The van der Waals surface area contributed by atoms with E-state index in [9.17, 15) is 0 Å². The van der Waals surface area contributed by atoms with Crippen LogP contribution in [0.3, 0.4) is 0 Å². The number of aromatic nitrogens is 2. The van der Waals surface area contributed by atoms with Gasteiger partial charge in [0, 0.05) is 29.7 Å². The summed E-state index contributed by atoms with van der Waals surface area (Å²) in [4.78, 5) is 2.44. The Morgan fingerprint density at radius 3 is 2.54 bits per heavy atom. The maximum atomic E-state index is 6.60. The van der Waals surface area contributed by atoms with E-state index < -0.39 is 0 Å². The van der Waals surface area contributed by atoms with E-state index in [2.05, 4.69) is 72.4 Å². The van der Waals surface area contributed by atoms with Crippen molar-refractivity contribution in [1.29, 1.82) is 0 Å². The largest absolute Gasteiger partial charge is 0.379 e. The van der Waals surface area contributed by atoms with Crippen molar-refractivity contribution >= 4 is 32.9 Å². The number of fused-ring (bicyclic) bond motifs is 1. The zero-order valence-electron chi connectivity index (χ0n) is 14.8. The highest BCUT2D eigenvalue weighted by atomic mass is 79.9. The predicted molar refractivity (Wildman–Crippen MR) is 107 cm³/mol. The first-order valence-corrected chi connectivity index (χ1v) is 9.83. The van der Waals surface area contributed by atoms with Gasteiger partial charge in [-0.25, -0.2) is 9.13 Å². The lowest BCUT2D eigenvalue weighted by Crippen LogP contribution is -2.39. The molecule has 5 nitrogen and oxygen atoms in total. The van der Waals surface area contributed by atoms with E-state index >= 15 is 0 Å². The number of nitrogens with zero attached hydrogens (tertiary/aromatic N) is 3. The fourth-order valence-electron chi connectivity index (χ4n) is 3.58. The van der Waals surface area contributed by atoms with E-state index in [0.29, 0.717) is 0 Å². The van der Waals surface area contributed by atoms with Crippen LogP contribution in [0.4, 0.5) is 5.95 Å². The third-order valence-electron chi connectivity index (χ3n) is 5.05. The van der Waals surface area contributed by atoms with E-state index in [0.717, 1.165) is 56.4 Å². The highest BCUT2D eigenvalue weighted by molar-refractivity contribution is 9.10. The lowest BCUT2D eigenvalue weighted by atomic mass is 10.2. The second-order valence-electron chi connectivity index (χ2n) is 6.63. The van der Waals surface area contributed by atoms with Crippen molar-refractivity contribution in [3.63, 3.8) is 0 Å². The van der Waals surface area contributed by atoms with Gasteiger partial charge < -0.3 is 4.74 Å². The van der Waals surface area contributed by atoms with E-state index in [1.165, 1.54) is 16.6 Å². The summed E-state index contributed by atoms with van der Waals surface area (Å²) < 4.78 is 11.0. The molecule has 1 saturated heterocycles. The van der Waals surface area contributed by atoms with E-state index in [1.807, 2.05) is 6.07 Å². The molecule has 1 aliphatic heterocycles. The smallest absolute Gasteiger partial charge is 0.356 e. The van der Waals surface area contributed by atoms with Gasteiger partial charge in [-0.3, -0.25) is 10.6 Å². The Balaban J connectivity index is 1.65. The van der Waals surface area contributed by atoms with Crippen LogP contribution in [0.2, 0.25) is 0 Å². The molecule has 1 aliphatic rings. The molecular formula is C20H24BrN4O+. The molecule has 2 N–H and O–H groups in total. The molecule has 2 aromatic carbocycles. The number of para-hydroxylation sites is 2. The number of anilines is 1. The summed E-state index contributed by atoms with van der Waals surface area (Å²) in [5.74, 6) is 0.801. The SMILES string of the molecule is Nc1n(CCN2CCOCC2)c2ccccc2[n+]1Cc1ccccc1Br. The van der Waals surface area contributed by atoms with Gasteiger partial charge in [0.1, 0.15) is 11.0 Å². The number of hydrogen-bond donors (Lipinski definition) is 1. The summed E-state index contributed by atoms with van der Waals surface area (Å²) in [5.41, 5.74) is 10.2. The van der Waals surface area contributed by atoms with E-state index in [-0.39, 0.29) is 0 Å². The molecule has 0 radical (unpaired) electrons. The molecule has 6 heteroatoms. The van der Waals surface area contributed by atoms with Crippen LogP contribution in [0, 0.1) is 0 Å². The zero-order chi connectivity index (χ0) is 17.9. The minimum absolute atomic E-state index is 0.748. The van der Waals surface area contributed by atoms with E-state index in [4.69, 9.17) is 10.5 Å². The van der Waals surface area contributed by atoms with Crippen molar-refractivity contribution in [2.24, 2.45) is 0 Å².